The van der Waals surface area contributed by atoms with Gasteiger partial charge in [0.25, 0.3) is 0 Å². The summed E-state index contributed by atoms with van der Waals surface area (Å²) < 4.78 is 0. The van der Waals surface area contributed by atoms with Crippen LogP contribution in [-0.2, 0) is 0 Å². The molecular formula is C11H26N2. The molecule has 0 bridgehead atoms. The Hall–Kier alpha value is -0.0800. The van der Waals surface area contributed by atoms with Crippen LogP contribution in [0.4, 0.5) is 0 Å². The molecular weight excluding hydrogens is 160 g/mol. The van der Waals surface area contributed by atoms with Crippen LogP contribution in [-0.4, -0.2) is 30.1 Å². The van der Waals surface area contributed by atoms with Crippen molar-refractivity contribution < 1.29 is 0 Å². The van der Waals surface area contributed by atoms with Gasteiger partial charge in [-0.05, 0) is 53.6 Å². The van der Waals surface area contributed by atoms with Gasteiger partial charge in [-0.15, -0.1) is 0 Å². The van der Waals surface area contributed by atoms with Crippen molar-refractivity contribution in [3.05, 3.63) is 0 Å². The molecule has 0 aliphatic heterocycles. The topological polar surface area (TPSA) is 29.3 Å². The summed E-state index contributed by atoms with van der Waals surface area (Å²) in [5.41, 5.74) is 5.45. The maximum absolute atomic E-state index is 5.45. The minimum Gasteiger partial charge on any atom is -0.330 e. The third kappa shape index (κ3) is 6.05. The Bertz CT molecular complexity index is 103. The van der Waals surface area contributed by atoms with E-state index in [1.54, 1.807) is 0 Å². The summed E-state index contributed by atoms with van der Waals surface area (Å²) in [6.07, 6.45) is 3.73. The molecule has 0 aliphatic rings. The van der Waals surface area contributed by atoms with E-state index in [0.717, 1.165) is 6.54 Å². The summed E-state index contributed by atoms with van der Waals surface area (Å²) in [7, 11) is 0. The molecule has 0 saturated heterocycles. The summed E-state index contributed by atoms with van der Waals surface area (Å²) in [6, 6.07) is 1.33. The SMILES string of the molecule is CC(C)N(CCCCCN)C(C)C. The van der Waals surface area contributed by atoms with Crippen molar-refractivity contribution in [3.63, 3.8) is 0 Å². The normalized spacial score (nSPS) is 12.0. The maximum Gasteiger partial charge on any atom is 0.00412 e. The van der Waals surface area contributed by atoms with Gasteiger partial charge in [0.1, 0.15) is 0 Å². The van der Waals surface area contributed by atoms with Gasteiger partial charge in [0, 0.05) is 12.1 Å². The zero-order chi connectivity index (χ0) is 10.3. The molecule has 0 fully saturated rings. The third-order valence-corrected chi connectivity index (χ3v) is 2.45. The minimum atomic E-state index is 0.665. The highest BCUT2D eigenvalue weighted by molar-refractivity contribution is 4.66. The van der Waals surface area contributed by atoms with Crippen LogP contribution in [0, 0.1) is 0 Å². The zero-order valence-corrected chi connectivity index (χ0v) is 9.71. The number of unbranched alkanes of at least 4 members (excludes halogenated alkanes) is 2. The van der Waals surface area contributed by atoms with Crippen molar-refractivity contribution in [2.75, 3.05) is 13.1 Å². The predicted molar refractivity (Wildman–Crippen MR) is 59.9 cm³/mol. The molecule has 2 N–H and O–H groups in total. The highest BCUT2D eigenvalue weighted by Crippen LogP contribution is 2.07. The van der Waals surface area contributed by atoms with E-state index in [9.17, 15) is 0 Å². The van der Waals surface area contributed by atoms with Crippen molar-refractivity contribution in [2.24, 2.45) is 5.73 Å². The van der Waals surface area contributed by atoms with Crippen molar-refractivity contribution in [1.29, 1.82) is 0 Å². The van der Waals surface area contributed by atoms with Crippen molar-refractivity contribution in [3.8, 4) is 0 Å². The second-order valence-electron chi connectivity index (χ2n) is 4.27. The second-order valence-corrected chi connectivity index (χ2v) is 4.27. The highest BCUT2D eigenvalue weighted by atomic mass is 15.2. The first-order valence-corrected chi connectivity index (χ1v) is 5.55. The summed E-state index contributed by atoms with van der Waals surface area (Å²) >= 11 is 0. The van der Waals surface area contributed by atoms with Crippen LogP contribution in [0.3, 0.4) is 0 Å². The molecule has 0 aromatic rings. The summed E-state index contributed by atoms with van der Waals surface area (Å²) in [4.78, 5) is 2.54. The molecule has 80 valence electrons. The van der Waals surface area contributed by atoms with Crippen LogP contribution < -0.4 is 5.73 Å². The summed E-state index contributed by atoms with van der Waals surface area (Å²) in [5, 5.41) is 0. The van der Waals surface area contributed by atoms with Gasteiger partial charge in [0.15, 0.2) is 0 Å². The standard InChI is InChI=1S/C11H26N2/c1-10(2)13(11(3)4)9-7-5-6-8-12/h10-11H,5-9,12H2,1-4H3. The smallest absolute Gasteiger partial charge is 0.00412 e. The number of nitrogens with two attached hydrogens (primary N) is 1. The van der Waals surface area contributed by atoms with Gasteiger partial charge in [-0.3, -0.25) is 4.90 Å². The molecule has 13 heavy (non-hydrogen) atoms. The lowest BCUT2D eigenvalue weighted by Crippen LogP contribution is -2.37. The largest absolute Gasteiger partial charge is 0.330 e. The Balaban J connectivity index is 3.58. The first kappa shape index (κ1) is 12.9. The van der Waals surface area contributed by atoms with E-state index < -0.39 is 0 Å². The molecule has 0 spiro atoms. The lowest BCUT2D eigenvalue weighted by molar-refractivity contribution is 0.171. The van der Waals surface area contributed by atoms with Crippen molar-refractivity contribution in [2.45, 2.75) is 59.0 Å². The van der Waals surface area contributed by atoms with E-state index in [1.807, 2.05) is 0 Å². The molecule has 0 heterocycles. The molecule has 0 aliphatic carbocycles. The number of rotatable bonds is 7. The second kappa shape index (κ2) is 7.34. The Kier molecular flexibility index (Phi) is 7.29. The monoisotopic (exact) mass is 186 g/mol. The third-order valence-electron chi connectivity index (χ3n) is 2.45. The van der Waals surface area contributed by atoms with Crippen LogP contribution >= 0.6 is 0 Å². The fraction of sp³-hybridized carbons (Fsp3) is 1.00. The lowest BCUT2D eigenvalue weighted by Gasteiger charge is -2.30. The van der Waals surface area contributed by atoms with E-state index in [1.165, 1.54) is 25.8 Å². The van der Waals surface area contributed by atoms with Gasteiger partial charge in [-0.25, -0.2) is 0 Å². The molecule has 0 radical (unpaired) electrons. The fourth-order valence-electron chi connectivity index (χ4n) is 1.73. The van der Waals surface area contributed by atoms with Gasteiger partial charge in [0.05, 0.1) is 0 Å². The molecule has 0 rings (SSSR count). The first-order chi connectivity index (χ1) is 6.09. The van der Waals surface area contributed by atoms with Crippen LogP contribution in [0.5, 0.6) is 0 Å². The highest BCUT2D eigenvalue weighted by Gasteiger charge is 2.11. The van der Waals surface area contributed by atoms with E-state index >= 15 is 0 Å². The average Bonchev–Trinajstić information content (AvgIpc) is 2.02. The fourth-order valence-corrected chi connectivity index (χ4v) is 1.73. The van der Waals surface area contributed by atoms with Crippen molar-refractivity contribution >= 4 is 0 Å². The average molecular weight is 186 g/mol. The molecule has 0 aromatic heterocycles. The van der Waals surface area contributed by atoms with Crippen LogP contribution in [0.2, 0.25) is 0 Å². The van der Waals surface area contributed by atoms with Crippen LogP contribution in [0.25, 0.3) is 0 Å². The van der Waals surface area contributed by atoms with E-state index in [2.05, 4.69) is 32.6 Å². The van der Waals surface area contributed by atoms with Crippen LogP contribution in [0.1, 0.15) is 47.0 Å². The summed E-state index contributed by atoms with van der Waals surface area (Å²) in [5.74, 6) is 0. The predicted octanol–water partition coefficient (Wildman–Crippen LogP) is 2.23. The molecule has 0 aromatic carbocycles. The zero-order valence-electron chi connectivity index (χ0n) is 9.71. The molecule has 0 saturated carbocycles. The Morgan fingerprint density at radius 2 is 1.46 bits per heavy atom. The van der Waals surface area contributed by atoms with Crippen LogP contribution in [0.15, 0.2) is 0 Å². The number of nitrogens with zero attached hydrogens (tertiary/aromatic N) is 1. The van der Waals surface area contributed by atoms with E-state index in [-0.39, 0.29) is 0 Å². The number of hydrogen-bond acceptors (Lipinski definition) is 2. The van der Waals surface area contributed by atoms with E-state index in [4.69, 9.17) is 5.73 Å². The molecule has 0 atom stereocenters. The Labute approximate surface area is 83.5 Å². The first-order valence-electron chi connectivity index (χ1n) is 5.55. The van der Waals surface area contributed by atoms with Crippen molar-refractivity contribution in [1.82, 2.24) is 4.90 Å². The minimum absolute atomic E-state index is 0.665. The Morgan fingerprint density at radius 1 is 0.923 bits per heavy atom. The molecule has 2 heteroatoms. The molecule has 0 amide bonds. The van der Waals surface area contributed by atoms with Gasteiger partial charge in [-0.2, -0.15) is 0 Å². The van der Waals surface area contributed by atoms with Gasteiger partial charge < -0.3 is 5.73 Å². The molecule has 2 nitrogen and oxygen atoms in total. The number of hydrogen-bond donors (Lipinski definition) is 1. The molecule has 0 unspecified atom stereocenters. The van der Waals surface area contributed by atoms with Gasteiger partial charge in [-0.1, -0.05) is 6.42 Å². The quantitative estimate of drug-likeness (QED) is 0.618. The summed E-state index contributed by atoms with van der Waals surface area (Å²) in [6.45, 7) is 11.1. The van der Waals surface area contributed by atoms with Gasteiger partial charge >= 0.3 is 0 Å². The lowest BCUT2D eigenvalue weighted by atomic mass is 10.2. The van der Waals surface area contributed by atoms with Gasteiger partial charge in [0.2, 0.25) is 0 Å². The van der Waals surface area contributed by atoms with E-state index in [0.29, 0.717) is 12.1 Å². The Morgan fingerprint density at radius 3 is 1.85 bits per heavy atom. The maximum atomic E-state index is 5.45.